The van der Waals surface area contributed by atoms with Crippen molar-refractivity contribution in [2.75, 3.05) is 0 Å². The summed E-state index contributed by atoms with van der Waals surface area (Å²) >= 11 is 0. The highest BCUT2D eigenvalue weighted by Crippen LogP contribution is 2.22. The van der Waals surface area contributed by atoms with Crippen LogP contribution in [0, 0.1) is 0 Å². The molecular weight excluding hydrogens is 360 g/mol. The van der Waals surface area contributed by atoms with E-state index in [1.807, 2.05) is 0 Å². The first-order valence-electron chi connectivity index (χ1n) is 12.4. The highest BCUT2D eigenvalue weighted by Gasteiger charge is 2.02. The van der Waals surface area contributed by atoms with Crippen molar-refractivity contribution in [1.82, 2.24) is 0 Å². The molecule has 0 nitrogen and oxygen atoms in total. The van der Waals surface area contributed by atoms with Gasteiger partial charge in [0.2, 0.25) is 0 Å². The molecule has 0 unspecified atom stereocenters. The molecule has 0 saturated heterocycles. The van der Waals surface area contributed by atoms with Gasteiger partial charge < -0.3 is 0 Å². The smallest absolute Gasteiger partial charge is 0.0348 e. The number of hydrogen-bond donors (Lipinski definition) is 0. The summed E-state index contributed by atoms with van der Waals surface area (Å²) in [4.78, 5) is 0. The van der Waals surface area contributed by atoms with Crippen molar-refractivity contribution in [2.24, 2.45) is 0 Å². The Hall–Kier alpha value is -1.56. The van der Waals surface area contributed by atoms with E-state index in [2.05, 4.69) is 91.0 Å². The number of rotatable bonds is 16. The fourth-order valence-electron chi connectivity index (χ4n) is 3.39. The van der Waals surface area contributed by atoms with Crippen molar-refractivity contribution >= 4 is 0 Å². The largest absolute Gasteiger partial charge is 0.0845 e. The highest BCUT2D eigenvalue weighted by molar-refractivity contribution is 5.43. The topological polar surface area (TPSA) is 0 Å². The molecule has 0 atom stereocenters. The summed E-state index contributed by atoms with van der Waals surface area (Å²) in [6.45, 7) is 15.5. The molecule has 0 aliphatic rings. The molecule has 0 saturated carbocycles. The van der Waals surface area contributed by atoms with Crippen LogP contribution in [0.3, 0.4) is 0 Å². The van der Waals surface area contributed by atoms with Gasteiger partial charge in [-0.15, -0.1) is 0 Å². The van der Waals surface area contributed by atoms with Gasteiger partial charge in [-0.05, 0) is 76.7 Å². The number of hydrogen-bond acceptors (Lipinski definition) is 0. The standard InChI is InChI=1S/C30H50/c1-8-9-10-11-12-13-14-15-16-17-18-19-20-21-22-23-24-25-27(4)29(6)30(7)28(5)26(2)3/h19-25H,8-18H2,1-7H3/b20-19+,22-21+,24-23+,27-25+,30-29+. The lowest BCUT2D eigenvalue weighted by molar-refractivity contribution is 0.557. The van der Waals surface area contributed by atoms with Gasteiger partial charge in [0.1, 0.15) is 0 Å². The van der Waals surface area contributed by atoms with E-state index >= 15 is 0 Å². The van der Waals surface area contributed by atoms with Crippen molar-refractivity contribution in [1.29, 1.82) is 0 Å². The molecule has 0 N–H and O–H groups in total. The van der Waals surface area contributed by atoms with Crippen LogP contribution in [0.25, 0.3) is 0 Å². The lowest BCUT2D eigenvalue weighted by Gasteiger charge is -2.10. The van der Waals surface area contributed by atoms with E-state index in [9.17, 15) is 0 Å². The number of allylic oxidation sites excluding steroid dienone is 12. The van der Waals surface area contributed by atoms with Crippen LogP contribution in [-0.4, -0.2) is 0 Å². The van der Waals surface area contributed by atoms with E-state index in [1.54, 1.807) is 0 Å². The van der Waals surface area contributed by atoms with E-state index in [1.165, 1.54) is 98.5 Å². The van der Waals surface area contributed by atoms with Gasteiger partial charge in [0.05, 0.1) is 0 Å². The molecule has 0 aromatic rings. The Morgan fingerprint density at radius 1 is 0.500 bits per heavy atom. The molecule has 0 bridgehead atoms. The highest BCUT2D eigenvalue weighted by atomic mass is 14.1. The van der Waals surface area contributed by atoms with Gasteiger partial charge in [-0.3, -0.25) is 0 Å². The van der Waals surface area contributed by atoms with Crippen molar-refractivity contribution in [3.05, 3.63) is 70.4 Å². The van der Waals surface area contributed by atoms with Gasteiger partial charge >= 0.3 is 0 Å². The summed E-state index contributed by atoms with van der Waals surface area (Å²) < 4.78 is 0. The van der Waals surface area contributed by atoms with Crippen molar-refractivity contribution in [3.8, 4) is 0 Å². The second-order valence-electron chi connectivity index (χ2n) is 8.89. The Morgan fingerprint density at radius 2 is 1.00 bits per heavy atom. The van der Waals surface area contributed by atoms with Crippen molar-refractivity contribution < 1.29 is 0 Å². The molecule has 0 heteroatoms. The minimum absolute atomic E-state index is 1.20. The molecule has 0 rings (SSSR count). The molecular formula is C30H50. The SMILES string of the molecule is CCCCCCCCCCCC/C=C/C=C/C=C/C=C(C)/C(C)=C(\C)C(C)=C(C)C. The maximum absolute atomic E-state index is 2.30. The van der Waals surface area contributed by atoms with Crippen LogP contribution < -0.4 is 0 Å². The Kier molecular flexibility index (Phi) is 18.4. The summed E-state index contributed by atoms with van der Waals surface area (Å²) in [5.41, 5.74) is 6.88. The molecule has 30 heavy (non-hydrogen) atoms. The van der Waals surface area contributed by atoms with Crippen LogP contribution >= 0.6 is 0 Å². The average molecular weight is 411 g/mol. The summed E-state index contributed by atoms with van der Waals surface area (Å²) in [5.74, 6) is 0. The Bertz CT molecular complexity index is 612. The minimum Gasteiger partial charge on any atom is -0.0845 e. The molecule has 0 radical (unpaired) electrons. The van der Waals surface area contributed by atoms with Gasteiger partial charge in [-0.2, -0.15) is 0 Å². The van der Waals surface area contributed by atoms with E-state index in [4.69, 9.17) is 0 Å². The zero-order valence-electron chi connectivity index (χ0n) is 21.3. The quantitative estimate of drug-likeness (QED) is 0.175. The van der Waals surface area contributed by atoms with Gasteiger partial charge in [0.25, 0.3) is 0 Å². The Labute approximate surface area is 189 Å². The van der Waals surface area contributed by atoms with E-state index in [0.717, 1.165) is 0 Å². The third kappa shape index (κ3) is 15.3. The van der Waals surface area contributed by atoms with Gasteiger partial charge in [-0.1, -0.05) is 113 Å². The molecule has 0 spiro atoms. The molecule has 0 heterocycles. The van der Waals surface area contributed by atoms with Crippen molar-refractivity contribution in [3.63, 3.8) is 0 Å². The van der Waals surface area contributed by atoms with Crippen LogP contribution in [0.15, 0.2) is 70.4 Å². The van der Waals surface area contributed by atoms with Gasteiger partial charge in [0.15, 0.2) is 0 Å². The average Bonchev–Trinajstić information content (AvgIpc) is 2.73. The van der Waals surface area contributed by atoms with E-state index < -0.39 is 0 Å². The van der Waals surface area contributed by atoms with Gasteiger partial charge in [-0.25, -0.2) is 0 Å². The first-order chi connectivity index (χ1) is 14.4. The van der Waals surface area contributed by atoms with Crippen LogP contribution in [0.5, 0.6) is 0 Å². The summed E-state index contributed by atoms with van der Waals surface area (Å²) in [5, 5.41) is 0. The summed E-state index contributed by atoms with van der Waals surface area (Å²) in [6, 6.07) is 0. The van der Waals surface area contributed by atoms with Crippen molar-refractivity contribution in [2.45, 2.75) is 119 Å². The predicted octanol–water partition coefficient (Wildman–Crippen LogP) is 10.6. The first kappa shape index (κ1) is 28.4. The van der Waals surface area contributed by atoms with E-state index in [-0.39, 0.29) is 0 Å². The monoisotopic (exact) mass is 410 g/mol. The summed E-state index contributed by atoms with van der Waals surface area (Å²) in [7, 11) is 0. The Balaban J connectivity index is 3.98. The zero-order chi connectivity index (χ0) is 22.6. The lowest BCUT2D eigenvalue weighted by Crippen LogP contribution is -1.90. The predicted molar refractivity (Wildman–Crippen MR) is 140 cm³/mol. The fraction of sp³-hybridized carbons (Fsp3) is 0.600. The molecule has 0 amide bonds. The molecule has 0 fully saturated rings. The first-order valence-corrected chi connectivity index (χ1v) is 12.4. The molecule has 0 aliphatic heterocycles. The fourth-order valence-corrected chi connectivity index (χ4v) is 3.39. The third-order valence-electron chi connectivity index (χ3n) is 6.12. The van der Waals surface area contributed by atoms with Crippen LogP contribution in [0.2, 0.25) is 0 Å². The maximum Gasteiger partial charge on any atom is -0.0348 e. The van der Waals surface area contributed by atoms with Crippen LogP contribution in [0.1, 0.15) is 119 Å². The second-order valence-corrected chi connectivity index (χ2v) is 8.89. The molecule has 0 aromatic heterocycles. The van der Waals surface area contributed by atoms with E-state index in [0.29, 0.717) is 0 Å². The third-order valence-corrected chi connectivity index (χ3v) is 6.12. The van der Waals surface area contributed by atoms with Crippen LogP contribution in [0.4, 0.5) is 0 Å². The molecule has 0 aromatic carbocycles. The maximum atomic E-state index is 2.30. The summed E-state index contributed by atoms with van der Waals surface area (Å²) in [6.07, 6.45) is 30.5. The second kappa shape index (κ2) is 19.4. The minimum atomic E-state index is 1.20. The van der Waals surface area contributed by atoms with Gasteiger partial charge in [0, 0.05) is 0 Å². The molecule has 170 valence electrons. The molecule has 0 aliphatic carbocycles. The Morgan fingerprint density at radius 3 is 1.57 bits per heavy atom. The lowest BCUT2D eigenvalue weighted by atomic mass is 9.96. The van der Waals surface area contributed by atoms with Crippen LogP contribution in [-0.2, 0) is 0 Å². The number of unbranched alkanes of at least 4 members (excludes halogenated alkanes) is 10. The zero-order valence-corrected chi connectivity index (χ0v) is 21.3. The normalized spacial score (nSPS) is 13.6.